The molecule has 1 aliphatic rings. The Labute approximate surface area is 131 Å². The fourth-order valence-electron chi connectivity index (χ4n) is 2.49. The number of hydrogen-bond donors (Lipinski definition) is 6. The Balaban J connectivity index is 1.85. The molecule has 5 atom stereocenters. The van der Waals surface area contributed by atoms with E-state index in [1.54, 1.807) is 24.3 Å². The van der Waals surface area contributed by atoms with Crippen molar-refractivity contribution in [2.24, 2.45) is 0 Å². The van der Waals surface area contributed by atoms with Crippen LogP contribution in [0.1, 0.15) is 11.9 Å². The molecule has 9 heteroatoms. The number of benzene rings is 1. The Morgan fingerprint density at radius 2 is 1.78 bits per heavy atom. The van der Waals surface area contributed by atoms with Crippen LogP contribution in [0.25, 0.3) is 11.4 Å². The Hall–Kier alpha value is -2.04. The van der Waals surface area contributed by atoms with Crippen molar-refractivity contribution >= 4 is 5.69 Å². The standard InChI is InChI=1S/C14H18N4O5/c15-7-3-1-6(2-4-7)13-16-14(18-17-13)12-11(22)10(21)9(20)8(5-19)23-12/h1-4,8-12,19-22H,5,15H2,(H,16,17,18). The topological polar surface area (TPSA) is 158 Å². The number of hydrogen-bond acceptors (Lipinski definition) is 8. The van der Waals surface area contributed by atoms with Gasteiger partial charge in [0.15, 0.2) is 11.6 Å². The number of aromatic amines is 1. The summed E-state index contributed by atoms with van der Waals surface area (Å²) >= 11 is 0. The Kier molecular flexibility index (Phi) is 4.28. The van der Waals surface area contributed by atoms with Crippen LogP contribution in [-0.4, -0.2) is 66.6 Å². The van der Waals surface area contributed by atoms with Gasteiger partial charge in [0.25, 0.3) is 0 Å². The van der Waals surface area contributed by atoms with Gasteiger partial charge in [-0.1, -0.05) is 0 Å². The van der Waals surface area contributed by atoms with E-state index in [1.807, 2.05) is 0 Å². The van der Waals surface area contributed by atoms with E-state index < -0.39 is 37.1 Å². The zero-order valence-electron chi connectivity index (χ0n) is 12.1. The lowest BCUT2D eigenvalue weighted by atomic mass is 9.95. The first kappa shape index (κ1) is 15.8. The molecule has 0 amide bonds. The summed E-state index contributed by atoms with van der Waals surface area (Å²) in [6.07, 6.45) is -6.31. The second-order valence-electron chi connectivity index (χ2n) is 5.42. The maximum Gasteiger partial charge on any atom is 0.181 e. The van der Waals surface area contributed by atoms with Crippen molar-refractivity contribution < 1.29 is 25.2 Å². The first-order valence-electron chi connectivity index (χ1n) is 7.10. The molecule has 5 unspecified atom stereocenters. The highest BCUT2D eigenvalue weighted by atomic mass is 16.5. The minimum absolute atomic E-state index is 0.189. The second kappa shape index (κ2) is 6.22. The monoisotopic (exact) mass is 322 g/mol. The molecule has 1 aromatic carbocycles. The fourth-order valence-corrected chi connectivity index (χ4v) is 2.49. The van der Waals surface area contributed by atoms with Crippen molar-refractivity contribution in [1.82, 2.24) is 15.2 Å². The van der Waals surface area contributed by atoms with Gasteiger partial charge in [-0.05, 0) is 24.3 Å². The molecule has 2 heterocycles. The molecule has 1 fully saturated rings. The van der Waals surface area contributed by atoms with E-state index in [0.717, 1.165) is 0 Å². The largest absolute Gasteiger partial charge is 0.399 e. The zero-order chi connectivity index (χ0) is 16.6. The van der Waals surface area contributed by atoms with Crippen LogP contribution in [0.3, 0.4) is 0 Å². The molecule has 3 rings (SSSR count). The highest BCUT2D eigenvalue weighted by Gasteiger charge is 2.45. The number of ether oxygens (including phenoxy) is 1. The SMILES string of the molecule is Nc1ccc(-c2n[nH]c(C3OC(CO)C(O)C(O)C3O)n2)cc1. The molecule has 23 heavy (non-hydrogen) atoms. The van der Waals surface area contributed by atoms with Crippen molar-refractivity contribution in [3.05, 3.63) is 30.1 Å². The van der Waals surface area contributed by atoms with E-state index in [4.69, 9.17) is 10.5 Å². The minimum atomic E-state index is -1.46. The third-order valence-electron chi connectivity index (χ3n) is 3.83. The molecule has 0 spiro atoms. The number of aliphatic hydroxyl groups is 4. The molecule has 2 aromatic rings. The lowest BCUT2D eigenvalue weighted by molar-refractivity contribution is -0.233. The van der Waals surface area contributed by atoms with Gasteiger partial charge in [-0.3, -0.25) is 5.10 Å². The van der Waals surface area contributed by atoms with Crippen molar-refractivity contribution in [1.29, 1.82) is 0 Å². The molecule has 0 aliphatic carbocycles. The Bertz CT molecular complexity index is 659. The summed E-state index contributed by atoms with van der Waals surface area (Å²) in [5.41, 5.74) is 6.95. The quantitative estimate of drug-likeness (QED) is 0.375. The van der Waals surface area contributed by atoms with Crippen LogP contribution in [-0.2, 0) is 4.74 Å². The second-order valence-corrected chi connectivity index (χ2v) is 5.42. The van der Waals surface area contributed by atoms with Crippen LogP contribution >= 0.6 is 0 Å². The number of aromatic nitrogens is 3. The maximum absolute atomic E-state index is 10.1. The molecular weight excluding hydrogens is 304 g/mol. The molecule has 0 saturated carbocycles. The summed E-state index contributed by atoms with van der Waals surface area (Å²) in [7, 11) is 0. The van der Waals surface area contributed by atoms with Gasteiger partial charge in [-0.15, -0.1) is 0 Å². The smallest absolute Gasteiger partial charge is 0.181 e. The lowest BCUT2D eigenvalue weighted by Crippen LogP contribution is -2.55. The summed E-state index contributed by atoms with van der Waals surface area (Å²) in [5.74, 6) is 0.561. The summed E-state index contributed by atoms with van der Waals surface area (Å²) in [5, 5.41) is 45.6. The van der Waals surface area contributed by atoms with Gasteiger partial charge in [-0.2, -0.15) is 5.10 Å². The highest BCUT2D eigenvalue weighted by Crippen LogP contribution is 2.31. The van der Waals surface area contributed by atoms with E-state index in [2.05, 4.69) is 15.2 Å². The first-order valence-corrected chi connectivity index (χ1v) is 7.10. The highest BCUT2D eigenvalue weighted by molar-refractivity contribution is 5.58. The number of nitrogens with one attached hydrogen (secondary N) is 1. The number of nitrogens with zero attached hydrogens (tertiary/aromatic N) is 2. The zero-order valence-corrected chi connectivity index (χ0v) is 12.1. The van der Waals surface area contributed by atoms with Gasteiger partial charge >= 0.3 is 0 Å². The van der Waals surface area contributed by atoms with Crippen LogP contribution in [0.2, 0.25) is 0 Å². The number of nitrogen functional groups attached to an aromatic ring is 1. The number of nitrogens with two attached hydrogens (primary N) is 1. The fraction of sp³-hybridized carbons (Fsp3) is 0.429. The molecule has 1 aliphatic heterocycles. The maximum atomic E-state index is 10.1. The van der Waals surface area contributed by atoms with Gasteiger partial charge in [-0.25, -0.2) is 4.98 Å². The molecule has 1 saturated heterocycles. The van der Waals surface area contributed by atoms with Gasteiger partial charge < -0.3 is 30.9 Å². The third-order valence-corrected chi connectivity index (χ3v) is 3.83. The van der Waals surface area contributed by atoms with Gasteiger partial charge in [0.05, 0.1) is 6.61 Å². The van der Waals surface area contributed by atoms with Crippen LogP contribution in [0.15, 0.2) is 24.3 Å². The van der Waals surface area contributed by atoms with Crippen molar-refractivity contribution in [3.8, 4) is 11.4 Å². The van der Waals surface area contributed by atoms with Crippen molar-refractivity contribution in [3.63, 3.8) is 0 Å². The number of aliphatic hydroxyl groups excluding tert-OH is 4. The van der Waals surface area contributed by atoms with E-state index >= 15 is 0 Å². The number of rotatable bonds is 3. The predicted octanol–water partition coefficient (Wildman–Crippen LogP) is -1.43. The molecule has 124 valence electrons. The van der Waals surface area contributed by atoms with Crippen LogP contribution < -0.4 is 5.73 Å². The van der Waals surface area contributed by atoms with Crippen LogP contribution in [0.5, 0.6) is 0 Å². The first-order chi connectivity index (χ1) is 11.0. The summed E-state index contributed by atoms with van der Waals surface area (Å²) in [4.78, 5) is 4.25. The Morgan fingerprint density at radius 1 is 1.09 bits per heavy atom. The minimum Gasteiger partial charge on any atom is -0.399 e. The van der Waals surface area contributed by atoms with Gasteiger partial charge in [0.2, 0.25) is 0 Å². The van der Waals surface area contributed by atoms with E-state index in [0.29, 0.717) is 17.1 Å². The summed E-state index contributed by atoms with van der Waals surface area (Å²) in [6, 6.07) is 6.91. The van der Waals surface area contributed by atoms with E-state index in [9.17, 15) is 20.4 Å². The van der Waals surface area contributed by atoms with Gasteiger partial charge in [0, 0.05) is 11.3 Å². The summed E-state index contributed by atoms with van der Waals surface area (Å²) < 4.78 is 5.42. The van der Waals surface area contributed by atoms with E-state index in [1.165, 1.54) is 0 Å². The van der Waals surface area contributed by atoms with Crippen molar-refractivity contribution in [2.45, 2.75) is 30.5 Å². The normalized spacial score (nSPS) is 31.2. The predicted molar refractivity (Wildman–Crippen MR) is 79.0 cm³/mol. The van der Waals surface area contributed by atoms with Crippen molar-refractivity contribution in [2.75, 3.05) is 12.3 Å². The molecule has 7 N–H and O–H groups in total. The summed E-state index contributed by atoms with van der Waals surface area (Å²) in [6.45, 7) is -0.500. The Morgan fingerprint density at radius 3 is 2.43 bits per heavy atom. The lowest BCUT2D eigenvalue weighted by Gasteiger charge is -2.38. The van der Waals surface area contributed by atoms with E-state index in [-0.39, 0.29) is 5.82 Å². The molecule has 0 radical (unpaired) electrons. The molecular formula is C14H18N4O5. The van der Waals surface area contributed by atoms with Gasteiger partial charge in [0.1, 0.15) is 30.5 Å². The average Bonchev–Trinajstić information content (AvgIpc) is 3.03. The third kappa shape index (κ3) is 2.92. The average molecular weight is 322 g/mol. The van der Waals surface area contributed by atoms with Crippen LogP contribution in [0, 0.1) is 0 Å². The molecule has 0 bridgehead atoms. The molecule has 1 aromatic heterocycles. The number of anilines is 1. The van der Waals surface area contributed by atoms with Crippen LogP contribution in [0.4, 0.5) is 5.69 Å². The molecule has 9 nitrogen and oxygen atoms in total. The number of H-pyrrole nitrogens is 1.